The average molecular weight is 239 g/mol. The Hall–Kier alpha value is -1.75. The van der Waals surface area contributed by atoms with Gasteiger partial charge in [-0.3, -0.25) is 5.10 Å². The van der Waals surface area contributed by atoms with Crippen LogP contribution in [0.5, 0.6) is 5.75 Å². The van der Waals surface area contributed by atoms with Gasteiger partial charge in [-0.1, -0.05) is 17.7 Å². The molecule has 1 unspecified atom stereocenters. The molecular formula is C10H11ClN4O. The highest BCUT2D eigenvalue weighted by Crippen LogP contribution is 2.22. The van der Waals surface area contributed by atoms with Crippen molar-refractivity contribution >= 4 is 17.5 Å². The number of nitrogen functional groups attached to an aromatic ring is 1. The number of nitrogens with two attached hydrogens (primary N) is 1. The molecule has 5 nitrogen and oxygen atoms in total. The molecule has 2 rings (SSSR count). The van der Waals surface area contributed by atoms with E-state index in [0.717, 1.165) is 0 Å². The molecule has 0 radical (unpaired) electrons. The van der Waals surface area contributed by atoms with Crippen molar-refractivity contribution in [1.29, 1.82) is 0 Å². The molecule has 1 aromatic carbocycles. The van der Waals surface area contributed by atoms with Crippen LogP contribution in [0.25, 0.3) is 0 Å². The third-order valence-electron chi connectivity index (χ3n) is 2.01. The van der Waals surface area contributed by atoms with Gasteiger partial charge in [0.1, 0.15) is 5.75 Å². The fourth-order valence-corrected chi connectivity index (χ4v) is 1.45. The van der Waals surface area contributed by atoms with Gasteiger partial charge >= 0.3 is 0 Å². The highest BCUT2D eigenvalue weighted by Gasteiger charge is 2.11. The van der Waals surface area contributed by atoms with Crippen LogP contribution >= 0.6 is 11.6 Å². The monoisotopic (exact) mass is 238 g/mol. The van der Waals surface area contributed by atoms with Crippen LogP contribution in [0.4, 0.5) is 5.95 Å². The molecule has 2 aromatic rings. The molecule has 0 aliphatic rings. The number of halogens is 1. The summed E-state index contributed by atoms with van der Waals surface area (Å²) in [5.41, 5.74) is 5.40. The Bertz CT molecular complexity index is 485. The minimum atomic E-state index is -0.261. The molecule has 1 heterocycles. The first-order valence-corrected chi connectivity index (χ1v) is 5.13. The Labute approximate surface area is 97.6 Å². The summed E-state index contributed by atoms with van der Waals surface area (Å²) in [7, 11) is 0. The maximum atomic E-state index is 5.84. The van der Waals surface area contributed by atoms with Gasteiger partial charge < -0.3 is 10.5 Å². The number of hydrogen-bond donors (Lipinski definition) is 2. The first-order valence-electron chi connectivity index (χ1n) is 4.75. The Balaban J connectivity index is 2.10. The number of nitrogens with zero attached hydrogens (tertiary/aromatic N) is 2. The molecule has 0 amide bonds. The van der Waals surface area contributed by atoms with E-state index in [2.05, 4.69) is 15.2 Å². The van der Waals surface area contributed by atoms with Crippen LogP contribution < -0.4 is 10.5 Å². The highest BCUT2D eigenvalue weighted by atomic mass is 35.5. The molecule has 84 valence electrons. The number of benzene rings is 1. The van der Waals surface area contributed by atoms with Gasteiger partial charge in [-0.25, -0.2) is 0 Å². The number of ether oxygens (including phenoxy) is 1. The van der Waals surface area contributed by atoms with E-state index in [9.17, 15) is 0 Å². The van der Waals surface area contributed by atoms with Crippen molar-refractivity contribution in [2.45, 2.75) is 13.0 Å². The van der Waals surface area contributed by atoms with Crippen LogP contribution in [0, 0.1) is 0 Å². The van der Waals surface area contributed by atoms with Gasteiger partial charge in [-0.05, 0) is 25.1 Å². The SMILES string of the molecule is CC(Oc1cccc(Cl)c1)c1nc(N)n[nH]1. The molecule has 0 saturated heterocycles. The Morgan fingerprint density at radius 2 is 2.31 bits per heavy atom. The molecule has 0 aliphatic heterocycles. The fourth-order valence-electron chi connectivity index (χ4n) is 1.27. The predicted molar refractivity (Wildman–Crippen MR) is 61.3 cm³/mol. The summed E-state index contributed by atoms with van der Waals surface area (Å²) < 4.78 is 5.62. The number of hydrogen-bond acceptors (Lipinski definition) is 4. The van der Waals surface area contributed by atoms with Gasteiger partial charge in [0.25, 0.3) is 0 Å². The number of anilines is 1. The van der Waals surface area contributed by atoms with Crippen LogP contribution in [0.2, 0.25) is 5.02 Å². The summed E-state index contributed by atoms with van der Waals surface area (Å²) >= 11 is 5.84. The van der Waals surface area contributed by atoms with Gasteiger partial charge in [0, 0.05) is 5.02 Å². The molecule has 0 saturated carbocycles. The van der Waals surface area contributed by atoms with Crippen molar-refractivity contribution in [3.05, 3.63) is 35.1 Å². The Morgan fingerprint density at radius 3 is 2.94 bits per heavy atom. The van der Waals surface area contributed by atoms with Crippen molar-refractivity contribution in [3.8, 4) is 5.75 Å². The van der Waals surface area contributed by atoms with Crippen molar-refractivity contribution < 1.29 is 4.74 Å². The largest absolute Gasteiger partial charge is 0.483 e. The predicted octanol–water partition coefficient (Wildman–Crippen LogP) is 2.18. The van der Waals surface area contributed by atoms with Gasteiger partial charge in [0.2, 0.25) is 5.95 Å². The van der Waals surface area contributed by atoms with E-state index in [4.69, 9.17) is 22.1 Å². The molecule has 0 aliphatic carbocycles. The quantitative estimate of drug-likeness (QED) is 0.859. The second-order valence-corrected chi connectivity index (χ2v) is 3.73. The molecule has 16 heavy (non-hydrogen) atoms. The highest BCUT2D eigenvalue weighted by molar-refractivity contribution is 6.30. The standard InChI is InChI=1S/C10H11ClN4O/c1-6(9-13-10(12)15-14-9)16-8-4-2-3-7(11)5-8/h2-6H,1H3,(H3,12,13,14,15). The number of H-pyrrole nitrogens is 1. The van der Waals surface area contributed by atoms with E-state index in [0.29, 0.717) is 16.6 Å². The van der Waals surface area contributed by atoms with Crippen molar-refractivity contribution in [1.82, 2.24) is 15.2 Å². The van der Waals surface area contributed by atoms with E-state index < -0.39 is 0 Å². The van der Waals surface area contributed by atoms with Gasteiger partial charge in [-0.15, -0.1) is 5.10 Å². The Morgan fingerprint density at radius 1 is 1.50 bits per heavy atom. The molecule has 0 spiro atoms. The van der Waals surface area contributed by atoms with Crippen LogP contribution in [0.1, 0.15) is 18.9 Å². The van der Waals surface area contributed by atoms with Crippen molar-refractivity contribution in [2.75, 3.05) is 5.73 Å². The van der Waals surface area contributed by atoms with Gasteiger partial charge in [0.15, 0.2) is 11.9 Å². The minimum Gasteiger partial charge on any atom is -0.483 e. The Kier molecular flexibility index (Phi) is 2.96. The summed E-state index contributed by atoms with van der Waals surface area (Å²) in [5, 5.41) is 7.06. The van der Waals surface area contributed by atoms with E-state index in [1.165, 1.54) is 0 Å². The zero-order valence-electron chi connectivity index (χ0n) is 8.64. The lowest BCUT2D eigenvalue weighted by atomic mass is 10.3. The third-order valence-corrected chi connectivity index (χ3v) is 2.25. The number of rotatable bonds is 3. The van der Waals surface area contributed by atoms with E-state index in [-0.39, 0.29) is 12.1 Å². The lowest BCUT2D eigenvalue weighted by Crippen LogP contribution is -2.05. The van der Waals surface area contributed by atoms with Gasteiger partial charge in [0.05, 0.1) is 0 Å². The van der Waals surface area contributed by atoms with Gasteiger partial charge in [-0.2, -0.15) is 4.98 Å². The summed E-state index contributed by atoms with van der Waals surface area (Å²) in [5.74, 6) is 1.46. The minimum absolute atomic E-state index is 0.205. The van der Waals surface area contributed by atoms with Crippen LogP contribution in [-0.2, 0) is 0 Å². The molecule has 1 aromatic heterocycles. The first-order chi connectivity index (χ1) is 7.65. The smallest absolute Gasteiger partial charge is 0.239 e. The zero-order chi connectivity index (χ0) is 11.5. The summed E-state index contributed by atoms with van der Waals surface area (Å²) in [6.45, 7) is 1.85. The lowest BCUT2D eigenvalue weighted by Gasteiger charge is -2.11. The summed E-state index contributed by atoms with van der Waals surface area (Å²) in [6.07, 6.45) is -0.261. The van der Waals surface area contributed by atoms with Crippen LogP contribution in [0.3, 0.4) is 0 Å². The molecule has 3 N–H and O–H groups in total. The second kappa shape index (κ2) is 4.40. The normalized spacial score (nSPS) is 12.4. The van der Waals surface area contributed by atoms with Crippen molar-refractivity contribution in [2.24, 2.45) is 0 Å². The van der Waals surface area contributed by atoms with E-state index in [1.54, 1.807) is 12.1 Å². The molecular weight excluding hydrogens is 228 g/mol. The van der Waals surface area contributed by atoms with Crippen molar-refractivity contribution in [3.63, 3.8) is 0 Å². The molecule has 6 heteroatoms. The molecule has 1 atom stereocenters. The van der Waals surface area contributed by atoms with E-state index in [1.807, 2.05) is 19.1 Å². The maximum absolute atomic E-state index is 5.84. The number of nitrogens with one attached hydrogen (secondary N) is 1. The molecule has 0 fully saturated rings. The maximum Gasteiger partial charge on any atom is 0.239 e. The topological polar surface area (TPSA) is 76.8 Å². The van der Waals surface area contributed by atoms with E-state index >= 15 is 0 Å². The van der Waals surface area contributed by atoms with Crippen LogP contribution in [0.15, 0.2) is 24.3 Å². The van der Waals surface area contributed by atoms with Crippen LogP contribution in [-0.4, -0.2) is 15.2 Å². The zero-order valence-corrected chi connectivity index (χ0v) is 9.40. The first kappa shape index (κ1) is 10.8. The fraction of sp³-hybridized carbons (Fsp3) is 0.200. The number of aromatic amines is 1. The average Bonchev–Trinajstić information content (AvgIpc) is 2.65. The molecule has 0 bridgehead atoms. The number of aromatic nitrogens is 3. The third kappa shape index (κ3) is 2.43. The summed E-state index contributed by atoms with van der Waals surface area (Å²) in [6, 6.07) is 7.16. The second-order valence-electron chi connectivity index (χ2n) is 3.30. The summed E-state index contributed by atoms with van der Waals surface area (Å²) in [4.78, 5) is 3.98. The lowest BCUT2D eigenvalue weighted by molar-refractivity contribution is 0.217.